The third-order valence-corrected chi connectivity index (χ3v) is 8.50. The maximum Gasteiger partial charge on any atom is 0.347 e. The molecule has 4 unspecified atom stereocenters. The number of phenolic OH excluding ortho intramolecular Hbond substituents is 1. The maximum absolute atomic E-state index is 14.3. The summed E-state index contributed by atoms with van der Waals surface area (Å²) in [6, 6.07) is 1.44. The van der Waals surface area contributed by atoms with Gasteiger partial charge in [0.1, 0.15) is 11.3 Å². The van der Waals surface area contributed by atoms with Crippen LogP contribution in [0, 0.1) is 24.7 Å². The van der Waals surface area contributed by atoms with Gasteiger partial charge in [-0.25, -0.2) is 4.79 Å². The first kappa shape index (κ1) is 38.2. The number of aryl methyl sites for hydroxylation is 1. The fourth-order valence-electron chi connectivity index (χ4n) is 5.89. The number of phenols is 1. The molecule has 0 radical (unpaired) electrons. The van der Waals surface area contributed by atoms with E-state index in [1.54, 1.807) is 26.0 Å². The molecule has 12 heteroatoms. The average molecular weight is 664 g/mol. The highest BCUT2D eigenvalue weighted by atomic mass is 16.4. The van der Waals surface area contributed by atoms with Gasteiger partial charge in [-0.3, -0.25) is 19.2 Å². The third kappa shape index (κ3) is 7.90. The second-order valence-corrected chi connectivity index (χ2v) is 13.8. The number of carbonyl (C=O) groups is 4. The molecule has 260 valence electrons. The van der Waals surface area contributed by atoms with Crippen molar-refractivity contribution in [2.45, 2.75) is 91.9 Å². The number of ketones is 4. The molecule has 12 nitrogen and oxygen atoms in total. The van der Waals surface area contributed by atoms with Crippen molar-refractivity contribution in [2.24, 2.45) is 40.7 Å². The second kappa shape index (κ2) is 15.3. The molecule has 4 atom stereocenters. The first-order valence-corrected chi connectivity index (χ1v) is 16.2. The van der Waals surface area contributed by atoms with Crippen molar-refractivity contribution in [2.75, 3.05) is 5.73 Å². The van der Waals surface area contributed by atoms with Crippen molar-refractivity contribution >= 4 is 39.8 Å². The minimum absolute atomic E-state index is 0.00334. The topological polar surface area (TPSA) is 249 Å². The van der Waals surface area contributed by atoms with Gasteiger partial charge in [-0.05, 0) is 67.2 Å². The summed E-state index contributed by atoms with van der Waals surface area (Å²) >= 11 is 0. The molecule has 2 aromatic carbocycles. The molecular weight excluding hydrogens is 614 g/mol. The number of carbonyl (C=O) groups excluding carboxylic acids is 4. The lowest BCUT2D eigenvalue weighted by Crippen LogP contribution is -2.40. The van der Waals surface area contributed by atoms with E-state index in [1.807, 2.05) is 27.7 Å². The van der Waals surface area contributed by atoms with Gasteiger partial charge in [0.2, 0.25) is 0 Å². The monoisotopic (exact) mass is 663 g/mol. The predicted molar refractivity (Wildman–Crippen MR) is 186 cm³/mol. The van der Waals surface area contributed by atoms with Gasteiger partial charge in [-0.15, -0.1) is 0 Å². The summed E-state index contributed by atoms with van der Waals surface area (Å²) in [4.78, 5) is 70.0. The highest BCUT2D eigenvalue weighted by Gasteiger charge is 2.38. The van der Waals surface area contributed by atoms with Crippen molar-refractivity contribution in [3.8, 4) is 5.75 Å². The Balaban J connectivity index is 2.52. The Bertz CT molecular complexity index is 1780. The van der Waals surface area contributed by atoms with Gasteiger partial charge in [0.15, 0.2) is 28.7 Å². The Hall–Kier alpha value is -4.23. The Morgan fingerprint density at radius 3 is 1.67 bits per heavy atom. The van der Waals surface area contributed by atoms with Gasteiger partial charge in [0, 0.05) is 10.9 Å². The summed E-state index contributed by atoms with van der Waals surface area (Å²) in [6.07, 6.45) is 0.471. The molecule has 1 heterocycles. The molecule has 3 aromatic rings. The first-order valence-electron chi connectivity index (χ1n) is 16.2. The van der Waals surface area contributed by atoms with Gasteiger partial charge >= 0.3 is 5.63 Å². The highest BCUT2D eigenvalue weighted by Crippen LogP contribution is 2.38. The van der Waals surface area contributed by atoms with E-state index in [0.717, 1.165) is 0 Å². The number of nitrogens with two attached hydrogens (primary N) is 5. The lowest BCUT2D eigenvalue weighted by molar-refractivity contribution is 0.0912. The Labute approximate surface area is 280 Å². The molecular formula is C36H49N5O7. The molecule has 0 amide bonds. The van der Waals surface area contributed by atoms with E-state index >= 15 is 0 Å². The predicted octanol–water partition coefficient (Wildman–Crippen LogP) is 3.42. The molecule has 0 aliphatic rings. The van der Waals surface area contributed by atoms with E-state index in [-0.39, 0.29) is 70.1 Å². The number of anilines is 1. The smallest absolute Gasteiger partial charge is 0.347 e. The summed E-state index contributed by atoms with van der Waals surface area (Å²) in [5.74, 6) is -3.33. The SMILES string of the molecule is Cc1c(C(=O)C(N)Cc2ccc(O)cc2)c(=O)oc2c(C(=O)C(N)CC(C)C)c(N)c(C(=O)C(N)CC(C)C)c(C(=O)C(N)C(C)C)c12. The van der Waals surface area contributed by atoms with Crippen LogP contribution in [0.15, 0.2) is 33.5 Å². The zero-order chi connectivity index (χ0) is 36.4. The van der Waals surface area contributed by atoms with Gasteiger partial charge in [-0.2, -0.15) is 0 Å². The maximum atomic E-state index is 14.3. The van der Waals surface area contributed by atoms with Crippen LogP contribution in [0.3, 0.4) is 0 Å². The number of benzene rings is 2. The van der Waals surface area contributed by atoms with E-state index in [4.69, 9.17) is 33.1 Å². The largest absolute Gasteiger partial charge is 0.508 e. The Kier molecular flexibility index (Phi) is 12.2. The minimum Gasteiger partial charge on any atom is -0.508 e. The minimum atomic E-state index is -1.24. The van der Waals surface area contributed by atoms with Crippen molar-refractivity contribution < 1.29 is 28.7 Å². The molecule has 0 bridgehead atoms. The molecule has 0 aliphatic heterocycles. The zero-order valence-electron chi connectivity index (χ0n) is 28.8. The fraction of sp³-hybridized carbons (Fsp3) is 0.472. The third-order valence-electron chi connectivity index (χ3n) is 8.50. The number of hydrogen-bond acceptors (Lipinski definition) is 12. The quantitative estimate of drug-likeness (QED) is 0.0777. The molecule has 48 heavy (non-hydrogen) atoms. The summed E-state index contributed by atoms with van der Waals surface area (Å²) < 4.78 is 5.73. The van der Waals surface area contributed by atoms with E-state index < -0.39 is 70.1 Å². The van der Waals surface area contributed by atoms with Gasteiger partial charge in [0.25, 0.3) is 0 Å². The summed E-state index contributed by atoms with van der Waals surface area (Å²) in [6.45, 7) is 12.3. The van der Waals surface area contributed by atoms with Gasteiger partial charge < -0.3 is 38.2 Å². The van der Waals surface area contributed by atoms with Crippen molar-refractivity contribution in [3.05, 3.63) is 68.1 Å². The van der Waals surface area contributed by atoms with E-state index in [0.29, 0.717) is 5.56 Å². The number of rotatable bonds is 15. The molecule has 0 saturated carbocycles. The van der Waals surface area contributed by atoms with E-state index in [9.17, 15) is 29.1 Å². The second-order valence-electron chi connectivity index (χ2n) is 13.8. The van der Waals surface area contributed by atoms with Crippen LogP contribution in [-0.2, 0) is 6.42 Å². The number of nitrogen functional groups attached to an aromatic ring is 1. The standard InChI is InChI=1S/C36H49N5O7/c1-15(2)12-21(37)32(44)27-26(34(46)29(40)17(5)6)24-18(7)25(31(43)23(39)14-19-8-10-20(42)11-9-19)36(47)48-35(24)28(30(27)41)33(45)22(38)13-16(3)4/h8-11,15-17,21-23,29,42H,12-14,37-41H2,1-7H3. The van der Waals surface area contributed by atoms with Crippen molar-refractivity contribution in [1.82, 2.24) is 0 Å². The average Bonchev–Trinajstić information content (AvgIpc) is 2.99. The number of Topliss-reactive ketones (excluding diaryl/α,β-unsaturated/α-hetero) is 4. The number of fused-ring (bicyclic) bond motifs is 1. The normalized spacial score (nSPS) is 14.4. The molecule has 0 saturated heterocycles. The Morgan fingerprint density at radius 1 is 0.708 bits per heavy atom. The van der Waals surface area contributed by atoms with Gasteiger partial charge in [-0.1, -0.05) is 53.7 Å². The molecule has 3 rings (SSSR count). The number of hydrogen-bond donors (Lipinski definition) is 6. The van der Waals surface area contributed by atoms with Crippen LogP contribution >= 0.6 is 0 Å². The van der Waals surface area contributed by atoms with Crippen LogP contribution < -0.4 is 34.3 Å². The van der Waals surface area contributed by atoms with Crippen molar-refractivity contribution in [1.29, 1.82) is 0 Å². The van der Waals surface area contributed by atoms with Crippen LogP contribution in [0.4, 0.5) is 5.69 Å². The molecule has 0 aliphatic carbocycles. The van der Waals surface area contributed by atoms with Crippen LogP contribution in [-0.4, -0.2) is 52.4 Å². The van der Waals surface area contributed by atoms with Crippen molar-refractivity contribution in [3.63, 3.8) is 0 Å². The molecule has 1 aromatic heterocycles. The van der Waals surface area contributed by atoms with Crippen LogP contribution in [0.25, 0.3) is 11.0 Å². The fourth-order valence-corrected chi connectivity index (χ4v) is 5.89. The highest BCUT2D eigenvalue weighted by molar-refractivity contribution is 6.27. The van der Waals surface area contributed by atoms with E-state index in [2.05, 4.69) is 0 Å². The lowest BCUT2D eigenvalue weighted by Gasteiger charge is -2.25. The molecule has 0 spiro atoms. The van der Waals surface area contributed by atoms with Gasteiger partial charge in [0.05, 0.1) is 41.0 Å². The Morgan fingerprint density at radius 2 is 1.19 bits per heavy atom. The van der Waals surface area contributed by atoms with Crippen LogP contribution in [0.2, 0.25) is 0 Å². The summed E-state index contributed by atoms with van der Waals surface area (Å²) in [7, 11) is 0. The van der Waals surface area contributed by atoms with Crippen LogP contribution in [0.1, 0.15) is 107 Å². The summed E-state index contributed by atoms with van der Waals surface area (Å²) in [5, 5.41) is 9.50. The molecule has 0 fully saturated rings. The summed E-state index contributed by atoms with van der Waals surface area (Å²) in [5.41, 5.74) is 29.2. The first-order chi connectivity index (χ1) is 22.3. The zero-order valence-corrected chi connectivity index (χ0v) is 28.8. The molecule has 11 N–H and O–H groups in total. The number of aromatic hydroxyl groups is 1. The van der Waals surface area contributed by atoms with Crippen LogP contribution in [0.5, 0.6) is 5.75 Å². The van der Waals surface area contributed by atoms with E-state index in [1.165, 1.54) is 19.1 Å². The lowest BCUT2D eigenvalue weighted by atomic mass is 9.81.